The average Bonchev–Trinajstić information content (AvgIpc) is 2.51. The van der Waals surface area contributed by atoms with E-state index in [4.69, 9.17) is 17.0 Å². The highest BCUT2D eigenvalue weighted by Crippen LogP contribution is 2.11. The lowest BCUT2D eigenvalue weighted by Crippen LogP contribution is -2.37. The van der Waals surface area contributed by atoms with Crippen molar-refractivity contribution in [1.29, 1.82) is 0 Å². The van der Waals surface area contributed by atoms with Gasteiger partial charge in [0.25, 0.3) is 0 Å². The molecule has 0 unspecified atom stereocenters. The van der Waals surface area contributed by atoms with Gasteiger partial charge in [0.15, 0.2) is 3.95 Å². The number of nitrogens with zero attached hydrogens (tertiary/aromatic N) is 2. The number of aryl methyl sites for hydroxylation is 1. The van der Waals surface area contributed by atoms with Crippen LogP contribution in [0, 0.1) is 10.9 Å². The lowest BCUT2D eigenvalue weighted by molar-refractivity contribution is 0.0231. The first-order valence-electron chi connectivity index (χ1n) is 4.72. The summed E-state index contributed by atoms with van der Waals surface area (Å²) < 4.78 is 8.46. The SMILES string of the molecule is Cc1csc(=S)n1CN1CCOCC1. The molecule has 1 fully saturated rings. The van der Waals surface area contributed by atoms with Crippen LogP contribution in [0.25, 0.3) is 0 Å². The van der Waals surface area contributed by atoms with Gasteiger partial charge in [-0.1, -0.05) is 0 Å². The Labute approximate surface area is 92.9 Å². The predicted molar refractivity (Wildman–Crippen MR) is 60.3 cm³/mol. The highest BCUT2D eigenvalue weighted by Gasteiger charge is 2.11. The van der Waals surface area contributed by atoms with Crippen LogP contribution in [0.4, 0.5) is 0 Å². The molecule has 78 valence electrons. The van der Waals surface area contributed by atoms with Crippen molar-refractivity contribution in [3.8, 4) is 0 Å². The summed E-state index contributed by atoms with van der Waals surface area (Å²) in [4.78, 5) is 2.37. The Hall–Kier alpha value is -0.230. The van der Waals surface area contributed by atoms with Crippen molar-refractivity contribution in [1.82, 2.24) is 9.47 Å². The lowest BCUT2D eigenvalue weighted by atomic mass is 10.4. The zero-order valence-electron chi connectivity index (χ0n) is 8.23. The molecule has 0 spiro atoms. The second-order valence-corrected chi connectivity index (χ2v) is 4.95. The molecule has 2 rings (SSSR count). The summed E-state index contributed by atoms with van der Waals surface area (Å²) in [6.45, 7) is 6.73. The molecule has 0 aliphatic carbocycles. The molecule has 1 aliphatic heterocycles. The summed E-state index contributed by atoms with van der Waals surface area (Å²) in [6.07, 6.45) is 0. The molecule has 1 saturated heterocycles. The number of aromatic nitrogens is 1. The highest BCUT2D eigenvalue weighted by molar-refractivity contribution is 7.73. The molecule has 0 aromatic carbocycles. The Bertz CT molecular complexity index is 352. The van der Waals surface area contributed by atoms with Crippen LogP contribution in [-0.4, -0.2) is 35.8 Å². The van der Waals surface area contributed by atoms with Crippen molar-refractivity contribution in [2.45, 2.75) is 13.6 Å². The van der Waals surface area contributed by atoms with E-state index in [-0.39, 0.29) is 0 Å². The number of hydrogen-bond acceptors (Lipinski definition) is 4. The van der Waals surface area contributed by atoms with Crippen molar-refractivity contribution < 1.29 is 4.74 Å². The Morgan fingerprint density at radius 2 is 2.21 bits per heavy atom. The van der Waals surface area contributed by atoms with E-state index in [1.165, 1.54) is 5.69 Å². The minimum absolute atomic E-state index is 0.844. The molecule has 14 heavy (non-hydrogen) atoms. The summed E-state index contributed by atoms with van der Waals surface area (Å²) in [5, 5.41) is 2.11. The van der Waals surface area contributed by atoms with Crippen LogP contribution in [0.1, 0.15) is 5.69 Å². The fraction of sp³-hybridized carbons (Fsp3) is 0.667. The van der Waals surface area contributed by atoms with Gasteiger partial charge in [0.2, 0.25) is 0 Å². The molecule has 1 aromatic heterocycles. The molecule has 0 saturated carbocycles. The average molecular weight is 230 g/mol. The lowest BCUT2D eigenvalue weighted by Gasteiger charge is -2.27. The maximum atomic E-state index is 5.31. The molecule has 2 heterocycles. The van der Waals surface area contributed by atoms with Crippen LogP contribution in [-0.2, 0) is 11.4 Å². The fourth-order valence-electron chi connectivity index (χ4n) is 1.52. The van der Waals surface area contributed by atoms with Crippen LogP contribution in [0.3, 0.4) is 0 Å². The summed E-state index contributed by atoms with van der Waals surface area (Å²) >= 11 is 6.90. The Kier molecular flexibility index (Phi) is 3.33. The van der Waals surface area contributed by atoms with Crippen LogP contribution < -0.4 is 0 Å². The first-order chi connectivity index (χ1) is 6.77. The summed E-state index contributed by atoms with van der Waals surface area (Å²) in [6, 6.07) is 0. The Morgan fingerprint density at radius 3 is 2.79 bits per heavy atom. The number of hydrogen-bond donors (Lipinski definition) is 0. The molecule has 1 aliphatic rings. The third-order valence-corrected chi connectivity index (χ3v) is 3.81. The van der Waals surface area contributed by atoms with Gasteiger partial charge in [-0.15, -0.1) is 11.3 Å². The third kappa shape index (κ3) is 2.23. The highest BCUT2D eigenvalue weighted by atomic mass is 32.1. The third-order valence-electron chi connectivity index (χ3n) is 2.42. The number of morpholine rings is 1. The zero-order chi connectivity index (χ0) is 9.97. The van der Waals surface area contributed by atoms with Gasteiger partial charge in [-0.3, -0.25) is 4.90 Å². The maximum absolute atomic E-state index is 5.31. The number of thiazole rings is 1. The monoisotopic (exact) mass is 230 g/mol. The van der Waals surface area contributed by atoms with Crippen LogP contribution in [0.5, 0.6) is 0 Å². The minimum atomic E-state index is 0.844. The fourth-order valence-corrected chi connectivity index (χ4v) is 2.59. The van der Waals surface area contributed by atoms with Gasteiger partial charge >= 0.3 is 0 Å². The topological polar surface area (TPSA) is 17.4 Å². The number of ether oxygens (including phenoxy) is 1. The zero-order valence-corrected chi connectivity index (χ0v) is 9.87. The molecule has 1 aromatic rings. The van der Waals surface area contributed by atoms with E-state index in [2.05, 4.69) is 21.8 Å². The molecule has 3 nitrogen and oxygen atoms in total. The molecular weight excluding hydrogens is 216 g/mol. The first kappa shape index (κ1) is 10.3. The van der Waals surface area contributed by atoms with Gasteiger partial charge < -0.3 is 9.30 Å². The molecule has 0 amide bonds. The van der Waals surface area contributed by atoms with Crippen LogP contribution >= 0.6 is 23.6 Å². The van der Waals surface area contributed by atoms with Gasteiger partial charge in [0.1, 0.15) is 0 Å². The quantitative estimate of drug-likeness (QED) is 0.722. The molecule has 5 heteroatoms. The molecule has 0 radical (unpaired) electrons. The first-order valence-corrected chi connectivity index (χ1v) is 6.01. The number of rotatable bonds is 2. The second kappa shape index (κ2) is 4.53. The molecule has 0 bridgehead atoms. The van der Waals surface area contributed by atoms with E-state index in [0.29, 0.717) is 0 Å². The van der Waals surface area contributed by atoms with Gasteiger partial charge in [0.05, 0.1) is 19.9 Å². The van der Waals surface area contributed by atoms with E-state index in [9.17, 15) is 0 Å². The normalized spacial score (nSPS) is 18.6. The summed E-state index contributed by atoms with van der Waals surface area (Å²) in [5.74, 6) is 0. The van der Waals surface area contributed by atoms with Gasteiger partial charge in [-0.2, -0.15) is 0 Å². The standard InChI is InChI=1S/C9H14N2OS2/c1-8-6-14-9(13)11(8)7-10-2-4-12-5-3-10/h6H,2-5,7H2,1H3. The second-order valence-electron chi connectivity index (χ2n) is 3.44. The minimum Gasteiger partial charge on any atom is -0.379 e. The van der Waals surface area contributed by atoms with Gasteiger partial charge in [0, 0.05) is 24.2 Å². The van der Waals surface area contributed by atoms with E-state index in [1.807, 2.05) is 0 Å². The van der Waals surface area contributed by atoms with Crippen LogP contribution in [0.15, 0.2) is 5.38 Å². The van der Waals surface area contributed by atoms with Gasteiger partial charge in [-0.05, 0) is 19.1 Å². The van der Waals surface area contributed by atoms with Crippen LogP contribution in [0.2, 0.25) is 0 Å². The van der Waals surface area contributed by atoms with E-state index in [1.54, 1.807) is 11.3 Å². The Balaban J connectivity index is 2.06. The molecule has 0 atom stereocenters. The van der Waals surface area contributed by atoms with Crippen molar-refractivity contribution in [2.24, 2.45) is 0 Å². The van der Waals surface area contributed by atoms with E-state index >= 15 is 0 Å². The smallest absolute Gasteiger partial charge is 0.162 e. The maximum Gasteiger partial charge on any atom is 0.162 e. The van der Waals surface area contributed by atoms with E-state index < -0.39 is 0 Å². The molecule has 0 N–H and O–H groups in total. The van der Waals surface area contributed by atoms with Crippen molar-refractivity contribution in [3.05, 3.63) is 15.0 Å². The summed E-state index contributed by atoms with van der Waals surface area (Å²) in [5.41, 5.74) is 1.26. The van der Waals surface area contributed by atoms with Crippen molar-refractivity contribution in [2.75, 3.05) is 26.3 Å². The Morgan fingerprint density at radius 1 is 1.50 bits per heavy atom. The molecular formula is C9H14N2OS2. The summed E-state index contributed by atoms with van der Waals surface area (Å²) in [7, 11) is 0. The predicted octanol–water partition coefficient (Wildman–Crippen LogP) is 1.88. The van der Waals surface area contributed by atoms with E-state index in [0.717, 1.165) is 36.9 Å². The van der Waals surface area contributed by atoms with Crippen molar-refractivity contribution >= 4 is 23.6 Å². The van der Waals surface area contributed by atoms with Gasteiger partial charge in [-0.25, -0.2) is 0 Å². The van der Waals surface area contributed by atoms with Crippen molar-refractivity contribution in [3.63, 3.8) is 0 Å². The largest absolute Gasteiger partial charge is 0.379 e.